The van der Waals surface area contributed by atoms with Crippen molar-refractivity contribution < 1.29 is 15.3 Å². The summed E-state index contributed by atoms with van der Waals surface area (Å²) >= 11 is 0. The van der Waals surface area contributed by atoms with Crippen molar-refractivity contribution in [1.82, 2.24) is 0 Å². The van der Waals surface area contributed by atoms with Crippen LogP contribution in [0.15, 0.2) is 0 Å². The molecule has 0 saturated carbocycles. The highest BCUT2D eigenvalue weighted by molar-refractivity contribution is 4.88. The average molecular weight is 175 g/mol. The Hall–Kier alpha value is -0.120. The van der Waals surface area contributed by atoms with Crippen molar-refractivity contribution in [3.8, 4) is 0 Å². The second kappa shape index (κ2) is 8.97. The topological polar surface area (TPSA) is 60.7 Å². The van der Waals surface area contributed by atoms with E-state index < -0.39 is 0 Å². The van der Waals surface area contributed by atoms with Gasteiger partial charge in [0.1, 0.15) is 0 Å². The second-order valence-electron chi connectivity index (χ2n) is 2.88. The van der Waals surface area contributed by atoms with Crippen LogP contribution in [0.2, 0.25) is 0 Å². The fourth-order valence-electron chi connectivity index (χ4n) is 1.19. The van der Waals surface area contributed by atoms with E-state index in [-0.39, 0.29) is 19.8 Å². The Labute approximate surface area is 74.0 Å². The van der Waals surface area contributed by atoms with Crippen LogP contribution in [0, 0.1) is 5.92 Å². The van der Waals surface area contributed by atoms with E-state index in [1.807, 2.05) is 0 Å². The van der Waals surface area contributed by atoms with E-state index in [4.69, 9.17) is 15.3 Å². The minimum atomic E-state index is 0.173. The quantitative estimate of drug-likeness (QED) is 0.503. The normalized spacial score (nSPS) is 11.0. The zero-order valence-electron chi connectivity index (χ0n) is 7.50. The lowest BCUT2D eigenvalue weighted by atomic mass is 9.95. The van der Waals surface area contributed by atoms with E-state index in [1.165, 1.54) is 5.92 Å². The Morgan fingerprint density at radius 2 is 1.17 bits per heavy atom. The van der Waals surface area contributed by atoms with Gasteiger partial charge in [-0.2, -0.15) is 0 Å². The van der Waals surface area contributed by atoms with Crippen LogP contribution >= 0.6 is 0 Å². The summed E-state index contributed by atoms with van der Waals surface area (Å²) in [6.45, 7) is 0.578. The number of aliphatic hydroxyl groups excluding tert-OH is 3. The Balaban J connectivity index is 3.40. The maximum absolute atomic E-state index is 8.69. The molecule has 12 heavy (non-hydrogen) atoms. The lowest BCUT2D eigenvalue weighted by Crippen LogP contribution is -2.03. The first-order chi connectivity index (χ1) is 5.85. The van der Waals surface area contributed by atoms with Crippen LogP contribution in [-0.4, -0.2) is 35.1 Å². The van der Waals surface area contributed by atoms with Gasteiger partial charge in [-0.1, -0.05) is 0 Å². The van der Waals surface area contributed by atoms with E-state index in [0.29, 0.717) is 6.42 Å². The van der Waals surface area contributed by atoms with Gasteiger partial charge < -0.3 is 15.3 Å². The summed E-state index contributed by atoms with van der Waals surface area (Å²) in [4.78, 5) is 0. The van der Waals surface area contributed by atoms with Gasteiger partial charge >= 0.3 is 0 Å². The van der Waals surface area contributed by atoms with E-state index in [1.54, 1.807) is 0 Å². The molecule has 0 aliphatic rings. The maximum atomic E-state index is 8.69. The van der Waals surface area contributed by atoms with E-state index in [2.05, 4.69) is 0 Å². The van der Waals surface area contributed by atoms with Gasteiger partial charge in [-0.05, 0) is 38.0 Å². The third kappa shape index (κ3) is 6.58. The van der Waals surface area contributed by atoms with Crippen LogP contribution in [0.25, 0.3) is 0 Å². The molecule has 0 aromatic carbocycles. The molecular weight excluding hydrogens is 156 g/mol. The Bertz CT molecular complexity index is 77.8. The fraction of sp³-hybridized carbons (Fsp3) is 0.889. The van der Waals surface area contributed by atoms with Gasteiger partial charge in [-0.25, -0.2) is 0 Å². The summed E-state index contributed by atoms with van der Waals surface area (Å²) in [7, 11) is 0. The van der Waals surface area contributed by atoms with Crippen molar-refractivity contribution in [3.63, 3.8) is 0 Å². The molecule has 0 spiro atoms. The minimum Gasteiger partial charge on any atom is -0.396 e. The van der Waals surface area contributed by atoms with Crippen molar-refractivity contribution >= 4 is 0 Å². The molecule has 0 atom stereocenters. The molecule has 0 aliphatic carbocycles. The molecule has 0 aromatic heterocycles. The first-order valence-electron chi connectivity index (χ1n) is 4.51. The zero-order valence-corrected chi connectivity index (χ0v) is 7.50. The van der Waals surface area contributed by atoms with Crippen LogP contribution in [-0.2, 0) is 0 Å². The minimum absolute atomic E-state index is 0.173. The number of rotatable bonds is 8. The highest BCUT2D eigenvalue weighted by atomic mass is 16.3. The average Bonchev–Trinajstić information content (AvgIpc) is 2.10. The molecule has 0 unspecified atom stereocenters. The van der Waals surface area contributed by atoms with Crippen molar-refractivity contribution in [2.75, 3.05) is 19.8 Å². The molecule has 0 fully saturated rings. The molecule has 0 rings (SSSR count). The van der Waals surface area contributed by atoms with Gasteiger partial charge in [-0.3, -0.25) is 0 Å². The summed E-state index contributed by atoms with van der Waals surface area (Å²) < 4.78 is 0. The third-order valence-corrected chi connectivity index (χ3v) is 1.84. The number of hydrogen-bond donors (Lipinski definition) is 3. The molecule has 0 aromatic rings. The highest BCUT2D eigenvalue weighted by Gasteiger charge is 2.07. The van der Waals surface area contributed by atoms with Crippen LogP contribution in [0.4, 0.5) is 0 Å². The number of aliphatic hydroxyl groups is 3. The fourth-order valence-corrected chi connectivity index (χ4v) is 1.19. The van der Waals surface area contributed by atoms with Crippen LogP contribution in [0.1, 0.15) is 32.1 Å². The second-order valence-corrected chi connectivity index (χ2v) is 2.88. The predicted molar refractivity (Wildman–Crippen MR) is 47.6 cm³/mol. The number of hydrogen-bond acceptors (Lipinski definition) is 3. The smallest absolute Gasteiger partial charge is 0.0436 e. The van der Waals surface area contributed by atoms with Gasteiger partial charge in [0, 0.05) is 19.8 Å². The van der Waals surface area contributed by atoms with Crippen LogP contribution in [0.5, 0.6) is 0 Å². The molecule has 3 nitrogen and oxygen atoms in total. The zero-order chi connectivity index (χ0) is 9.23. The molecule has 1 radical (unpaired) electrons. The van der Waals surface area contributed by atoms with Gasteiger partial charge in [0.15, 0.2) is 0 Å². The van der Waals surface area contributed by atoms with Crippen molar-refractivity contribution in [1.29, 1.82) is 0 Å². The maximum Gasteiger partial charge on any atom is 0.0436 e. The summed E-state index contributed by atoms with van der Waals surface area (Å²) in [5, 5.41) is 25.9. The summed E-state index contributed by atoms with van der Waals surface area (Å²) in [5.41, 5.74) is 0. The molecule has 3 heteroatoms. The van der Waals surface area contributed by atoms with Crippen molar-refractivity contribution in [2.45, 2.75) is 32.1 Å². The van der Waals surface area contributed by atoms with Gasteiger partial charge in [0.05, 0.1) is 0 Å². The Morgan fingerprint density at radius 1 is 0.667 bits per heavy atom. The van der Waals surface area contributed by atoms with Crippen LogP contribution in [0.3, 0.4) is 0 Å². The molecular formula is C9H19O3. The van der Waals surface area contributed by atoms with Crippen molar-refractivity contribution in [3.05, 3.63) is 5.92 Å². The third-order valence-electron chi connectivity index (χ3n) is 1.84. The lowest BCUT2D eigenvalue weighted by Gasteiger charge is -2.13. The monoisotopic (exact) mass is 175 g/mol. The highest BCUT2D eigenvalue weighted by Crippen LogP contribution is 2.19. The molecule has 0 aliphatic heterocycles. The molecule has 3 N–H and O–H groups in total. The van der Waals surface area contributed by atoms with Crippen molar-refractivity contribution in [2.24, 2.45) is 0 Å². The Kier molecular flexibility index (Phi) is 8.88. The lowest BCUT2D eigenvalue weighted by molar-refractivity contribution is 0.259. The summed E-state index contributed by atoms with van der Waals surface area (Å²) in [6.07, 6.45) is 3.98. The van der Waals surface area contributed by atoms with Gasteiger partial charge in [0.25, 0.3) is 0 Å². The summed E-state index contributed by atoms with van der Waals surface area (Å²) in [6, 6.07) is 0. The molecule has 0 heterocycles. The first-order valence-corrected chi connectivity index (χ1v) is 4.51. The van der Waals surface area contributed by atoms with Gasteiger partial charge in [-0.15, -0.1) is 0 Å². The Morgan fingerprint density at radius 3 is 1.50 bits per heavy atom. The largest absolute Gasteiger partial charge is 0.396 e. The van der Waals surface area contributed by atoms with E-state index in [0.717, 1.165) is 25.7 Å². The van der Waals surface area contributed by atoms with E-state index in [9.17, 15) is 0 Å². The standard InChI is InChI=1S/C9H19O3/c10-6-1-3-9(5-8-12)4-2-7-11/h10-12H,1-8H2. The van der Waals surface area contributed by atoms with Crippen LogP contribution < -0.4 is 0 Å². The molecule has 73 valence electrons. The first kappa shape index (κ1) is 11.9. The van der Waals surface area contributed by atoms with Gasteiger partial charge in [0.2, 0.25) is 0 Å². The molecule has 0 amide bonds. The predicted octanol–water partition coefficient (Wildman–Crippen LogP) is 0.488. The van der Waals surface area contributed by atoms with E-state index >= 15 is 0 Å². The summed E-state index contributed by atoms with van der Waals surface area (Å²) in [5.74, 6) is 1.25. The molecule has 0 saturated heterocycles. The molecule has 0 bridgehead atoms. The SMILES string of the molecule is OCCC[C](CCO)CCCO.